The van der Waals surface area contributed by atoms with Gasteiger partial charge >= 0.3 is 11.9 Å². The lowest BCUT2D eigenvalue weighted by Crippen LogP contribution is -2.28. The Kier molecular flexibility index (Phi) is 5.79. The number of carbonyl (C=O) groups excluding carboxylic acids is 1. The van der Waals surface area contributed by atoms with E-state index in [-0.39, 0.29) is 23.4 Å². The van der Waals surface area contributed by atoms with E-state index in [1.54, 1.807) is 30.3 Å². The molecule has 1 aromatic heterocycles. The average Bonchev–Trinajstić information content (AvgIpc) is 2.80. The molecule has 0 saturated heterocycles. The van der Waals surface area contributed by atoms with Crippen molar-refractivity contribution in [3.05, 3.63) is 105 Å². The van der Waals surface area contributed by atoms with Crippen LogP contribution in [0.3, 0.4) is 0 Å². The summed E-state index contributed by atoms with van der Waals surface area (Å²) in [6.07, 6.45) is 0. The number of rotatable bonds is 5. The van der Waals surface area contributed by atoms with Crippen LogP contribution in [0.4, 0.5) is 0 Å². The van der Waals surface area contributed by atoms with Gasteiger partial charge in [-0.25, -0.2) is 9.59 Å². The Labute approximate surface area is 188 Å². The van der Waals surface area contributed by atoms with Crippen LogP contribution in [0.5, 0.6) is 0 Å². The summed E-state index contributed by atoms with van der Waals surface area (Å²) >= 11 is 6.23. The van der Waals surface area contributed by atoms with Crippen LogP contribution in [0.25, 0.3) is 21.9 Å². The summed E-state index contributed by atoms with van der Waals surface area (Å²) in [6, 6.07) is 20.3. The molecule has 0 aliphatic heterocycles. The molecule has 0 bridgehead atoms. The third-order valence-electron chi connectivity index (χ3n) is 5.22. The second kappa shape index (κ2) is 8.69. The summed E-state index contributed by atoms with van der Waals surface area (Å²) in [5.41, 5.74) is 1.79. The van der Waals surface area contributed by atoms with Crippen molar-refractivity contribution in [1.82, 2.24) is 4.57 Å². The van der Waals surface area contributed by atoms with Crippen LogP contribution < -0.4 is 5.56 Å². The van der Waals surface area contributed by atoms with E-state index in [1.165, 1.54) is 23.8 Å². The number of carbonyl (C=O) groups is 2. The van der Waals surface area contributed by atoms with Gasteiger partial charge in [0.25, 0.3) is 5.56 Å². The highest BCUT2D eigenvalue weighted by Gasteiger charge is 2.24. The second-order valence-electron chi connectivity index (χ2n) is 7.16. The minimum absolute atomic E-state index is 0.0571. The van der Waals surface area contributed by atoms with E-state index in [0.717, 1.165) is 5.56 Å². The first kappa shape index (κ1) is 21.3. The summed E-state index contributed by atoms with van der Waals surface area (Å²) in [5, 5.41) is 10.5. The fraction of sp³-hybridized carbons (Fsp3) is 0.0800. The molecule has 0 fully saturated rings. The molecular weight excluding hydrogens is 430 g/mol. The highest BCUT2D eigenvalue weighted by Crippen LogP contribution is 2.33. The van der Waals surface area contributed by atoms with E-state index in [0.29, 0.717) is 26.9 Å². The number of methoxy groups -OCH3 is 1. The number of nitrogens with zero attached hydrogens (tertiary/aromatic N) is 1. The Hall–Kier alpha value is -3.90. The number of halogens is 1. The van der Waals surface area contributed by atoms with Gasteiger partial charge in [0.1, 0.15) is 5.69 Å². The molecule has 0 spiro atoms. The molecule has 0 radical (unpaired) electrons. The summed E-state index contributed by atoms with van der Waals surface area (Å²) < 4.78 is 6.41. The van der Waals surface area contributed by atoms with Crippen molar-refractivity contribution in [1.29, 1.82) is 0 Å². The van der Waals surface area contributed by atoms with Crippen LogP contribution in [-0.4, -0.2) is 28.7 Å². The van der Waals surface area contributed by atoms with Gasteiger partial charge in [0.2, 0.25) is 0 Å². The molecule has 1 heterocycles. The number of esters is 1. The van der Waals surface area contributed by atoms with Crippen molar-refractivity contribution in [2.24, 2.45) is 0 Å². The molecule has 0 aliphatic carbocycles. The standard InChI is InChI=1S/C25H18ClNO5/c1-32-25(31)22-21(16-5-3-2-4-6-16)20-13-18(26)11-12-19(20)23(28)27(22)14-15-7-9-17(10-8-15)24(29)30/h2-13H,14H2,1H3,(H,29,30). The number of fused-ring (bicyclic) bond motifs is 1. The molecule has 0 amide bonds. The maximum Gasteiger partial charge on any atom is 0.355 e. The lowest BCUT2D eigenvalue weighted by atomic mass is 9.96. The number of carboxylic acid groups (broad SMARTS) is 1. The predicted octanol–water partition coefficient (Wildman–Crippen LogP) is 4.86. The van der Waals surface area contributed by atoms with Gasteiger partial charge in [-0.2, -0.15) is 0 Å². The van der Waals surface area contributed by atoms with Crippen molar-refractivity contribution in [2.75, 3.05) is 7.11 Å². The normalized spacial score (nSPS) is 10.8. The zero-order valence-corrected chi connectivity index (χ0v) is 17.8. The molecular formula is C25H18ClNO5. The molecule has 7 heteroatoms. The molecule has 0 saturated carbocycles. The first-order valence-corrected chi connectivity index (χ1v) is 10.1. The fourth-order valence-electron chi connectivity index (χ4n) is 3.71. The topological polar surface area (TPSA) is 85.6 Å². The van der Waals surface area contributed by atoms with Crippen LogP contribution in [0.15, 0.2) is 77.6 Å². The summed E-state index contributed by atoms with van der Waals surface area (Å²) in [7, 11) is 1.26. The Morgan fingerprint density at radius 3 is 2.28 bits per heavy atom. The number of carboxylic acids is 1. The minimum Gasteiger partial charge on any atom is -0.478 e. The number of pyridine rings is 1. The van der Waals surface area contributed by atoms with E-state index in [1.807, 2.05) is 30.3 Å². The molecule has 4 aromatic rings. The van der Waals surface area contributed by atoms with Crippen molar-refractivity contribution >= 4 is 34.3 Å². The monoisotopic (exact) mass is 447 g/mol. The van der Waals surface area contributed by atoms with E-state index < -0.39 is 11.9 Å². The Balaban J connectivity index is 2.05. The van der Waals surface area contributed by atoms with Crippen molar-refractivity contribution < 1.29 is 19.4 Å². The first-order valence-electron chi connectivity index (χ1n) is 9.72. The minimum atomic E-state index is -1.04. The summed E-state index contributed by atoms with van der Waals surface area (Å²) in [4.78, 5) is 37.6. The van der Waals surface area contributed by atoms with Crippen LogP contribution in [0.2, 0.25) is 5.02 Å². The van der Waals surface area contributed by atoms with Gasteiger partial charge in [-0.3, -0.25) is 9.36 Å². The number of ether oxygens (including phenoxy) is 1. The molecule has 160 valence electrons. The Morgan fingerprint density at radius 1 is 0.969 bits per heavy atom. The number of aromatic carboxylic acids is 1. The zero-order chi connectivity index (χ0) is 22.8. The quantitative estimate of drug-likeness (QED) is 0.442. The maximum atomic E-state index is 13.5. The molecule has 6 nitrogen and oxygen atoms in total. The van der Waals surface area contributed by atoms with Gasteiger partial charge in [0.15, 0.2) is 0 Å². The number of hydrogen-bond acceptors (Lipinski definition) is 4. The Bertz CT molecular complexity index is 1390. The van der Waals surface area contributed by atoms with E-state index in [9.17, 15) is 14.4 Å². The van der Waals surface area contributed by atoms with Gasteiger partial charge in [-0.15, -0.1) is 0 Å². The number of benzene rings is 3. The van der Waals surface area contributed by atoms with E-state index >= 15 is 0 Å². The highest BCUT2D eigenvalue weighted by atomic mass is 35.5. The lowest BCUT2D eigenvalue weighted by molar-refractivity contribution is 0.0588. The molecule has 0 unspecified atom stereocenters. The summed E-state index contributed by atoms with van der Waals surface area (Å²) in [5.74, 6) is -1.71. The number of hydrogen-bond donors (Lipinski definition) is 1. The van der Waals surface area contributed by atoms with Crippen molar-refractivity contribution in [3.63, 3.8) is 0 Å². The molecule has 0 atom stereocenters. The zero-order valence-electron chi connectivity index (χ0n) is 17.0. The van der Waals surface area contributed by atoms with Gasteiger partial charge in [0, 0.05) is 16.0 Å². The molecule has 1 N–H and O–H groups in total. The SMILES string of the molecule is COC(=O)c1c(-c2ccccc2)c2cc(Cl)ccc2c(=O)n1Cc1ccc(C(=O)O)cc1. The van der Waals surface area contributed by atoms with Gasteiger partial charge in [-0.1, -0.05) is 54.1 Å². The lowest BCUT2D eigenvalue weighted by Gasteiger charge is -2.19. The van der Waals surface area contributed by atoms with Gasteiger partial charge in [-0.05, 0) is 46.8 Å². The number of aromatic nitrogens is 1. The fourth-order valence-corrected chi connectivity index (χ4v) is 3.88. The van der Waals surface area contributed by atoms with E-state index in [2.05, 4.69) is 0 Å². The maximum absolute atomic E-state index is 13.5. The van der Waals surface area contributed by atoms with Crippen molar-refractivity contribution in [2.45, 2.75) is 6.54 Å². The van der Waals surface area contributed by atoms with Gasteiger partial charge in [0.05, 0.1) is 19.2 Å². The summed E-state index contributed by atoms with van der Waals surface area (Å²) in [6.45, 7) is 0.0571. The molecule has 3 aromatic carbocycles. The molecule has 32 heavy (non-hydrogen) atoms. The largest absolute Gasteiger partial charge is 0.478 e. The third kappa shape index (κ3) is 3.88. The Morgan fingerprint density at radius 2 is 1.66 bits per heavy atom. The van der Waals surface area contributed by atoms with Crippen LogP contribution in [-0.2, 0) is 11.3 Å². The van der Waals surface area contributed by atoms with Crippen LogP contribution >= 0.6 is 11.6 Å². The highest BCUT2D eigenvalue weighted by molar-refractivity contribution is 6.31. The first-order chi connectivity index (χ1) is 15.4. The molecule has 0 aliphatic rings. The predicted molar refractivity (Wildman–Crippen MR) is 122 cm³/mol. The van der Waals surface area contributed by atoms with Crippen LogP contribution in [0.1, 0.15) is 26.4 Å². The second-order valence-corrected chi connectivity index (χ2v) is 7.60. The van der Waals surface area contributed by atoms with Gasteiger partial charge < -0.3 is 9.84 Å². The van der Waals surface area contributed by atoms with Crippen molar-refractivity contribution in [3.8, 4) is 11.1 Å². The van der Waals surface area contributed by atoms with Crippen LogP contribution in [0, 0.1) is 0 Å². The average molecular weight is 448 g/mol. The smallest absolute Gasteiger partial charge is 0.355 e. The third-order valence-corrected chi connectivity index (χ3v) is 5.45. The van der Waals surface area contributed by atoms with E-state index in [4.69, 9.17) is 21.4 Å². The molecule has 4 rings (SSSR count).